The molecule has 17 heavy (non-hydrogen) atoms. The van der Waals surface area contributed by atoms with Crippen LogP contribution >= 0.6 is 0 Å². The predicted molar refractivity (Wildman–Crippen MR) is 68.9 cm³/mol. The van der Waals surface area contributed by atoms with Gasteiger partial charge in [-0.2, -0.15) is 0 Å². The Morgan fingerprint density at radius 3 is 2.41 bits per heavy atom. The fourth-order valence-corrected chi connectivity index (χ4v) is 1.48. The molecule has 0 radical (unpaired) electrons. The average Bonchev–Trinajstić information content (AvgIpc) is 2.35. The van der Waals surface area contributed by atoms with Crippen molar-refractivity contribution in [2.45, 2.75) is 26.7 Å². The molecule has 0 saturated carbocycles. The lowest BCUT2D eigenvalue weighted by Crippen LogP contribution is -2.30. The van der Waals surface area contributed by atoms with Gasteiger partial charge in [0.05, 0.1) is 4.92 Å². The molecule has 0 aliphatic carbocycles. The lowest BCUT2D eigenvalue weighted by molar-refractivity contribution is -0.384. The summed E-state index contributed by atoms with van der Waals surface area (Å²) in [6, 6.07) is 6.48. The lowest BCUT2D eigenvalue weighted by atomic mass is 10.3. The van der Waals surface area contributed by atoms with Gasteiger partial charge in [-0.15, -0.1) is 0 Å². The van der Waals surface area contributed by atoms with Gasteiger partial charge in [0.2, 0.25) is 0 Å². The van der Waals surface area contributed by atoms with Gasteiger partial charge in [0, 0.05) is 30.9 Å². The Kier molecular flexibility index (Phi) is 5.42. The van der Waals surface area contributed by atoms with E-state index in [1.807, 2.05) is 0 Å². The minimum atomic E-state index is -0.390. The maximum atomic E-state index is 10.5. The van der Waals surface area contributed by atoms with Crippen LogP contribution in [-0.2, 0) is 0 Å². The summed E-state index contributed by atoms with van der Waals surface area (Å²) < 4.78 is 0. The van der Waals surface area contributed by atoms with Crippen LogP contribution in [0.3, 0.4) is 0 Å². The molecular weight excluding hydrogens is 218 g/mol. The second-order valence-corrected chi connectivity index (χ2v) is 3.85. The second-order valence-electron chi connectivity index (χ2n) is 3.85. The van der Waals surface area contributed by atoms with Crippen LogP contribution in [0.15, 0.2) is 24.3 Å². The molecule has 0 amide bonds. The third-order valence-corrected chi connectivity index (χ3v) is 2.53. The minimum Gasteiger partial charge on any atom is -0.319 e. The van der Waals surface area contributed by atoms with Gasteiger partial charge in [0.25, 0.3) is 5.69 Å². The number of hydrogen-bond acceptors (Lipinski definition) is 4. The van der Waals surface area contributed by atoms with Crippen molar-refractivity contribution in [3.8, 4) is 0 Å². The first-order valence-electron chi connectivity index (χ1n) is 5.93. The maximum absolute atomic E-state index is 10.5. The molecule has 0 heterocycles. The summed E-state index contributed by atoms with van der Waals surface area (Å²) >= 11 is 0. The molecule has 0 saturated heterocycles. The van der Waals surface area contributed by atoms with E-state index in [0.717, 1.165) is 31.6 Å². The number of rotatable bonds is 7. The van der Waals surface area contributed by atoms with E-state index in [0.29, 0.717) is 0 Å². The highest BCUT2D eigenvalue weighted by atomic mass is 16.6. The van der Waals surface area contributed by atoms with Crippen LogP contribution in [-0.4, -0.2) is 23.0 Å². The maximum Gasteiger partial charge on any atom is 0.269 e. The van der Waals surface area contributed by atoms with Crippen LogP contribution in [0, 0.1) is 10.1 Å². The summed E-state index contributed by atoms with van der Waals surface area (Å²) in [5.41, 5.74) is 4.24. The number of unbranched alkanes of at least 4 members (excludes halogenated alkanes) is 1. The van der Waals surface area contributed by atoms with Crippen LogP contribution < -0.4 is 5.43 Å². The van der Waals surface area contributed by atoms with Crippen molar-refractivity contribution in [3.63, 3.8) is 0 Å². The molecule has 5 heteroatoms. The number of hydrogen-bond donors (Lipinski definition) is 1. The zero-order valence-electron chi connectivity index (χ0n) is 10.3. The largest absolute Gasteiger partial charge is 0.319 e. The summed E-state index contributed by atoms with van der Waals surface area (Å²) in [4.78, 5) is 10.1. The van der Waals surface area contributed by atoms with E-state index in [1.54, 1.807) is 12.1 Å². The number of anilines is 1. The van der Waals surface area contributed by atoms with Crippen LogP contribution in [0.1, 0.15) is 26.7 Å². The highest BCUT2D eigenvalue weighted by Gasteiger charge is 2.05. The lowest BCUT2D eigenvalue weighted by Gasteiger charge is -2.22. The fraction of sp³-hybridized carbons (Fsp3) is 0.500. The van der Waals surface area contributed by atoms with Crippen molar-refractivity contribution in [3.05, 3.63) is 34.4 Å². The fourth-order valence-electron chi connectivity index (χ4n) is 1.48. The molecule has 1 aromatic carbocycles. The molecule has 1 N–H and O–H groups in total. The van der Waals surface area contributed by atoms with Crippen molar-refractivity contribution >= 4 is 11.4 Å². The summed E-state index contributed by atoms with van der Waals surface area (Å²) in [6.07, 6.45) is 2.28. The molecule has 0 aromatic heterocycles. The molecule has 5 nitrogen and oxygen atoms in total. The minimum absolute atomic E-state index is 0.118. The third-order valence-electron chi connectivity index (χ3n) is 2.53. The van der Waals surface area contributed by atoms with Crippen LogP contribution in [0.2, 0.25) is 0 Å². The number of nitrogens with zero attached hydrogens (tertiary/aromatic N) is 2. The van der Waals surface area contributed by atoms with Crippen molar-refractivity contribution in [2.24, 2.45) is 0 Å². The predicted octanol–water partition coefficient (Wildman–Crippen LogP) is 3.04. The first kappa shape index (κ1) is 13.4. The number of hydrazine groups is 1. The Labute approximate surface area is 102 Å². The van der Waals surface area contributed by atoms with E-state index in [4.69, 9.17) is 0 Å². The summed E-state index contributed by atoms with van der Waals surface area (Å²) in [5, 5.41) is 12.6. The zero-order chi connectivity index (χ0) is 12.7. The molecular formula is C12H19N3O2. The van der Waals surface area contributed by atoms with Gasteiger partial charge in [-0.3, -0.25) is 10.1 Å². The molecule has 1 aromatic rings. The van der Waals surface area contributed by atoms with E-state index >= 15 is 0 Å². The van der Waals surface area contributed by atoms with E-state index < -0.39 is 4.92 Å². The zero-order valence-corrected chi connectivity index (χ0v) is 10.3. The van der Waals surface area contributed by atoms with Crippen molar-refractivity contribution < 1.29 is 4.92 Å². The Morgan fingerprint density at radius 2 is 1.94 bits per heavy atom. The Balaban J connectivity index is 2.57. The average molecular weight is 237 g/mol. The smallest absolute Gasteiger partial charge is 0.269 e. The quantitative estimate of drug-likeness (QED) is 0.585. The SMILES string of the molecule is CCCCN(CC)Nc1ccc([N+](=O)[O-])cc1. The molecule has 0 aliphatic rings. The molecule has 0 atom stereocenters. The Bertz CT molecular complexity index is 351. The standard InChI is InChI=1S/C12H19N3O2/c1-3-5-10-14(4-2)13-11-6-8-12(9-7-11)15(16)17/h6-9,13H,3-5,10H2,1-2H3. The molecule has 0 aliphatic heterocycles. The van der Waals surface area contributed by atoms with E-state index in [-0.39, 0.29) is 5.69 Å². The monoisotopic (exact) mass is 237 g/mol. The number of nitro groups is 1. The van der Waals surface area contributed by atoms with Gasteiger partial charge in [0.15, 0.2) is 0 Å². The topological polar surface area (TPSA) is 58.4 Å². The number of non-ortho nitro benzene ring substituents is 1. The van der Waals surface area contributed by atoms with Crippen LogP contribution in [0.4, 0.5) is 11.4 Å². The van der Waals surface area contributed by atoms with Crippen LogP contribution in [0.5, 0.6) is 0 Å². The van der Waals surface area contributed by atoms with Gasteiger partial charge in [-0.25, -0.2) is 5.01 Å². The number of nitrogens with one attached hydrogen (secondary N) is 1. The highest BCUT2D eigenvalue weighted by molar-refractivity contribution is 5.47. The van der Waals surface area contributed by atoms with Gasteiger partial charge in [-0.1, -0.05) is 20.3 Å². The van der Waals surface area contributed by atoms with Gasteiger partial charge >= 0.3 is 0 Å². The van der Waals surface area contributed by atoms with Crippen molar-refractivity contribution in [2.75, 3.05) is 18.5 Å². The van der Waals surface area contributed by atoms with Gasteiger partial charge < -0.3 is 5.43 Å². The Morgan fingerprint density at radius 1 is 1.29 bits per heavy atom. The van der Waals surface area contributed by atoms with Crippen molar-refractivity contribution in [1.29, 1.82) is 0 Å². The summed E-state index contributed by atoms with van der Waals surface area (Å²) in [5.74, 6) is 0. The first-order chi connectivity index (χ1) is 8.17. The molecule has 94 valence electrons. The third kappa shape index (κ3) is 4.40. The van der Waals surface area contributed by atoms with Gasteiger partial charge in [0.1, 0.15) is 0 Å². The summed E-state index contributed by atoms with van der Waals surface area (Å²) in [7, 11) is 0. The van der Waals surface area contributed by atoms with Crippen molar-refractivity contribution in [1.82, 2.24) is 5.01 Å². The summed E-state index contributed by atoms with van der Waals surface area (Å²) in [6.45, 7) is 6.11. The molecule has 0 unspecified atom stereocenters. The molecule has 1 rings (SSSR count). The number of benzene rings is 1. The molecule has 0 bridgehead atoms. The first-order valence-corrected chi connectivity index (χ1v) is 5.93. The van der Waals surface area contributed by atoms with E-state index in [9.17, 15) is 10.1 Å². The molecule has 0 spiro atoms. The second kappa shape index (κ2) is 6.85. The van der Waals surface area contributed by atoms with E-state index in [2.05, 4.69) is 24.3 Å². The van der Waals surface area contributed by atoms with Crippen LogP contribution in [0.25, 0.3) is 0 Å². The Hall–Kier alpha value is -1.62. The normalized spacial score (nSPS) is 10.5. The molecule has 0 fully saturated rings. The number of nitro benzene ring substituents is 1. The van der Waals surface area contributed by atoms with Gasteiger partial charge in [-0.05, 0) is 18.6 Å². The highest BCUT2D eigenvalue weighted by Crippen LogP contribution is 2.15. The van der Waals surface area contributed by atoms with E-state index in [1.165, 1.54) is 12.1 Å².